The minimum absolute atomic E-state index is 0.0315. The van der Waals surface area contributed by atoms with Crippen LogP contribution in [0.25, 0.3) is 0 Å². The Morgan fingerprint density at radius 3 is 2.69 bits per heavy atom. The molecule has 1 amide bonds. The van der Waals surface area contributed by atoms with Crippen molar-refractivity contribution in [2.75, 3.05) is 6.61 Å². The molecule has 0 radical (unpaired) electrons. The third-order valence-electron chi connectivity index (χ3n) is 3.36. The number of hydrogen-bond donors (Lipinski definition) is 1. The van der Waals surface area contributed by atoms with Crippen molar-refractivity contribution in [3.63, 3.8) is 0 Å². The van der Waals surface area contributed by atoms with Gasteiger partial charge in [0.25, 0.3) is 0 Å². The zero-order chi connectivity index (χ0) is 11.9. The van der Waals surface area contributed by atoms with Gasteiger partial charge in [-0.3, -0.25) is 4.79 Å². The van der Waals surface area contributed by atoms with E-state index in [4.69, 9.17) is 9.84 Å². The fourth-order valence-electron chi connectivity index (χ4n) is 2.58. The van der Waals surface area contributed by atoms with Crippen molar-refractivity contribution in [1.82, 2.24) is 4.90 Å². The molecule has 2 fully saturated rings. The van der Waals surface area contributed by atoms with Crippen molar-refractivity contribution >= 4 is 11.9 Å². The van der Waals surface area contributed by atoms with Crippen LogP contribution < -0.4 is 0 Å². The number of fused-ring (bicyclic) bond motifs is 1. The minimum atomic E-state index is -0.924. The molecule has 2 rings (SSSR count). The second-order valence-corrected chi connectivity index (χ2v) is 4.76. The zero-order valence-corrected chi connectivity index (χ0v) is 9.55. The van der Waals surface area contributed by atoms with Crippen LogP contribution in [0.3, 0.4) is 0 Å². The molecule has 0 bridgehead atoms. The summed E-state index contributed by atoms with van der Waals surface area (Å²) >= 11 is 0. The Morgan fingerprint density at radius 1 is 1.44 bits per heavy atom. The number of aliphatic carboxylic acids is 1. The highest BCUT2D eigenvalue weighted by Gasteiger charge is 2.50. The Kier molecular flexibility index (Phi) is 2.88. The van der Waals surface area contributed by atoms with Crippen LogP contribution in [0.2, 0.25) is 0 Å². The Morgan fingerprint density at radius 2 is 2.12 bits per heavy atom. The number of hydrogen-bond acceptors (Lipinski definition) is 3. The third kappa shape index (κ3) is 1.69. The number of likely N-dealkylation sites (tertiary alicyclic amines) is 1. The summed E-state index contributed by atoms with van der Waals surface area (Å²) in [4.78, 5) is 24.7. The Bertz CT molecular complexity index is 315. The van der Waals surface area contributed by atoms with Crippen molar-refractivity contribution in [3.05, 3.63) is 0 Å². The number of nitrogens with zero attached hydrogens (tertiary/aromatic N) is 1. The topological polar surface area (TPSA) is 66.8 Å². The number of carboxylic acids is 1. The van der Waals surface area contributed by atoms with E-state index in [0.29, 0.717) is 13.0 Å². The number of ether oxygens (including phenoxy) is 1. The van der Waals surface area contributed by atoms with Crippen LogP contribution in [0.15, 0.2) is 0 Å². The van der Waals surface area contributed by atoms with Crippen molar-refractivity contribution in [2.24, 2.45) is 5.92 Å². The highest BCUT2D eigenvalue weighted by Crippen LogP contribution is 2.34. The van der Waals surface area contributed by atoms with Gasteiger partial charge < -0.3 is 14.7 Å². The summed E-state index contributed by atoms with van der Waals surface area (Å²) in [6.07, 6.45) is 1.11. The van der Waals surface area contributed by atoms with Crippen LogP contribution >= 0.6 is 0 Å². The maximum absolute atomic E-state index is 12.0. The first-order valence-corrected chi connectivity index (χ1v) is 5.69. The molecule has 2 aliphatic heterocycles. The van der Waals surface area contributed by atoms with Gasteiger partial charge in [-0.1, -0.05) is 13.8 Å². The first-order chi connectivity index (χ1) is 7.52. The van der Waals surface area contributed by atoms with Gasteiger partial charge in [0.2, 0.25) is 5.91 Å². The average Bonchev–Trinajstić information content (AvgIpc) is 2.74. The summed E-state index contributed by atoms with van der Waals surface area (Å²) in [6.45, 7) is 4.22. The molecular weight excluding hydrogens is 210 g/mol. The summed E-state index contributed by atoms with van der Waals surface area (Å²) in [5, 5.41) is 9.12. The molecule has 0 aromatic rings. The van der Waals surface area contributed by atoms with Crippen molar-refractivity contribution in [1.29, 1.82) is 0 Å². The SMILES string of the molecule is CC(C)C(=O)N1C(C(=O)O)CC2OCCC21. The lowest BCUT2D eigenvalue weighted by atomic mass is 10.1. The number of carboxylic acid groups (broad SMARTS) is 1. The molecule has 16 heavy (non-hydrogen) atoms. The number of rotatable bonds is 2. The second kappa shape index (κ2) is 4.05. The van der Waals surface area contributed by atoms with Crippen LogP contribution in [0.5, 0.6) is 0 Å². The molecule has 0 spiro atoms. The molecule has 90 valence electrons. The zero-order valence-electron chi connectivity index (χ0n) is 9.55. The number of carbonyl (C=O) groups excluding carboxylic acids is 1. The number of carbonyl (C=O) groups is 2. The van der Waals surface area contributed by atoms with E-state index in [1.807, 2.05) is 0 Å². The molecule has 5 heteroatoms. The maximum atomic E-state index is 12.0. The first kappa shape index (κ1) is 11.4. The molecular formula is C11H17NO4. The maximum Gasteiger partial charge on any atom is 0.326 e. The fourth-order valence-corrected chi connectivity index (χ4v) is 2.58. The van der Waals surface area contributed by atoms with E-state index in [0.717, 1.165) is 6.42 Å². The summed E-state index contributed by atoms with van der Waals surface area (Å²) in [6, 6.07) is -0.735. The standard InChI is InChI=1S/C11H17NO4/c1-6(2)10(13)12-7-3-4-16-9(7)5-8(12)11(14)15/h6-9H,3-5H2,1-2H3,(H,14,15). The van der Waals surface area contributed by atoms with Gasteiger partial charge in [-0.2, -0.15) is 0 Å². The van der Waals surface area contributed by atoms with Gasteiger partial charge in [0.15, 0.2) is 0 Å². The molecule has 0 aliphatic carbocycles. The summed E-state index contributed by atoms with van der Waals surface area (Å²) in [7, 11) is 0. The minimum Gasteiger partial charge on any atom is -0.480 e. The van der Waals surface area contributed by atoms with Gasteiger partial charge in [-0.15, -0.1) is 0 Å². The van der Waals surface area contributed by atoms with E-state index in [2.05, 4.69) is 0 Å². The molecule has 0 aromatic heterocycles. The molecule has 3 unspecified atom stereocenters. The van der Waals surface area contributed by atoms with Gasteiger partial charge in [-0.25, -0.2) is 4.79 Å². The predicted octanol–water partition coefficient (Wildman–Crippen LogP) is 0.485. The molecule has 2 heterocycles. The van der Waals surface area contributed by atoms with Gasteiger partial charge >= 0.3 is 5.97 Å². The van der Waals surface area contributed by atoms with Gasteiger partial charge in [0.1, 0.15) is 6.04 Å². The normalized spacial score (nSPS) is 33.2. The van der Waals surface area contributed by atoms with E-state index in [1.165, 1.54) is 4.90 Å². The lowest BCUT2D eigenvalue weighted by Gasteiger charge is -2.28. The fraction of sp³-hybridized carbons (Fsp3) is 0.818. The molecule has 0 saturated carbocycles. The predicted molar refractivity (Wildman–Crippen MR) is 55.9 cm³/mol. The van der Waals surface area contributed by atoms with Crippen LogP contribution in [0.1, 0.15) is 26.7 Å². The van der Waals surface area contributed by atoms with E-state index in [9.17, 15) is 9.59 Å². The number of amides is 1. The van der Waals surface area contributed by atoms with Crippen LogP contribution in [-0.4, -0.2) is 46.7 Å². The summed E-state index contributed by atoms with van der Waals surface area (Å²) in [5.41, 5.74) is 0. The largest absolute Gasteiger partial charge is 0.480 e. The molecule has 2 saturated heterocycles. The van der Waals surface area contributed by atoms with E-state index in [-0.39, 0.29) is 24.0 Å². The Labute approximate surface area is 94.4 Å². The average molecular weight is 227 g/mol. The molecule has 0 aromatic carbocycles. The molecule has 1 N–H and O–H groups in total. The van der Waals surface area contributed by atoms with E-state index < -0.39 is 12.0 Å². The lowest BCUT2D eigenvalue weighted by molar-refractivity contribution is -0.151. The Hall–Kier alpha value is -1.10. The smallest absolute Gasteiger partial charge is 0.326 e. The summed E-state index contributed by atoms with van der Waals surface area (Å²) in [5.74, 6) is -1.17. The second-order valence-electron chi connectivity index (χ2n) is 4.76. The van der Waals surface area contributed by atoms with E-state index >= 15 is 0 Å². The highest BCUT2D eigenvalue weighted by molar-refractivity contribution is 5.86. The quantitative estimate of drug-likeness (QED) is 0.745. The Balaban J connectivity index is 2.22. The van der Waals surface area contributed by atoms with Crippen LogP contribution in [0.4, 0.5) is 0 Å². The highest BCUT2D eigenvalue weighted by atomic mass is 16.5. The molecule has 5 nitrogen and oxygen atoms in total. The monoisotopic (exact) mass is 227 g/mol. The lowest BCUT2D eigenvalue weighted by Crippen LogP contribution is -2.47. The van der Waals surface area contributed by atoms with E-state index in [1.54, 1.807) is 13.8 Å². The van der Waals surface area contributed by atoms with Crippen molar-refractivity contribution < 1.29 is 19.4 Å². The van der Waals surface area contributed by atoms with Crippen molar-refractivity contribution in [3.8, 4) is 0 Å². The van der Waals surface area contributed by atoms with Gasteiger partial charge in [0, 0.05) is 18.9 Å². The van der Waals surface area contributed by atoms with Gasteiger partial charge in [0.05, 0.1) is 12.1 Å². The molecule has 3 atom stereocenters. The first-order valence-electron chi connectivity index (χ1n) is 5.69. The van der Waals surface area contributed by atoms with Crippen LogP contribution in [0, 0.1) is 5.92 Å². The van der Waals surface area contributed by atoms with Gasteiger partial charge in [-0.05, 0) is 6.42 Å². The van der Waals surface area contributed by atoms with Crippen LogP contribution in [-0.2, 0) is 14.3 Å². The summed E-state index contributed by atoms with van der Waals surface area (Å²) < 4.78 is 5.46. The van der Waals surface area contributed by atoms with Crippen molar-refractivity contribution in [2.45, 2.75) is 44.9 Å². The molecule has 2 aliphatic rings. The third-order valence-corrected chi connectivity index (χ3v) is 3.36.